The normalized spacial score (nSPS) is 17.4. The van der Waals surface area contributed by atoms with E-state index in [1.54, 1.807) is 0 Å². The van der Waals surface area contributed by atoms with Gasteiger partial charge in [0.05, 0.1) is 10.9 Å². The zero-order valence-corrected chi connectivity index (χ0v) is 37.6. The Balaban J connectivity index is 0.000000155. The number of benzene rings is 7. The Morgan fingerprint density at radius 2 is 1.30 bits per heavy atom. The molecule has 3 heteroatoms. The fraction of sp³-hybridized carbons (Fsp3) is 0.167. The molecule has 1 N–H and O–H groups in total. The second kappa shape index (κ2) is 15.6. The van der Waals surface area contributed by atoms with Crippen LogP contribution in [-0.4, -0.2) is 9.55 Å². The molecule has 3 aromatic heterocycles. The highest BCUT2D eigenvalue weighted by atomic mass is 32.1. The molecule has 10 aromatic rings. The Kier molecular flexibility index (Phi) is 9.70. The Morgan fingerprint density at radius 3 is 2.13 bits per heavy atom. The largest absolute Gasteiger partial charge is 0.354 e. The van der Waals surface area contributed by atoms with Crippen molar-refractivity contribution in [3.05, 3.63) is 209 Å². The van der Waals surface area contributed by atoms with Crippen LogP contribution in [0.3, 0.4) is 0 Å². The smallest absolute Gasteiger partial charge is 0.0722 e. The SMILES string of the molecule is CC.CC.CC1C=Cc2c(n(-c3ccccc3)c3cc4c(cc23)-c2ccccc2C42C3=C(CCC=C3)c3ccccc32)C1.c1ccc2c(c1)[nH]c1ccc3c4ccccc4sc3c12. The van der Waals surface area contributed by atoms with Crippen molar-refractivity contribution in [3.8, 4) is 16.8 Å². The molecule has 1 spiro atoms. The first kappa shape index (κ1) is 39.2. The third kappa shape index (κ3) is 5.69. The molecule has 0 aliphatic heterocycles. The van der Waals surface area contributed by atoms with Crippen LogP contribution in [-0.2, 0) is 11.8 Å². The number of aromatic nitrogens is 2. The maximum Gasteiger partial charge on any atom is 0.0722 e. The molecule has 0 saturated carbocycles. The van der Waals surface area contributed by atoms with Gasteiger partial charge in [-0.25, -0.2) is 0 Å². The molecule has 63 heavy (non-hydrogen) atoms. The molecule has 4 aliphatic rings. The summed E-state index contributed by atoms with van der Waals surface area (Å²) < 4.78 is 5.30. The standard InChI is InChI=1S/C38H29N.C18H11NS.2C2H6/c1-24-19-20-29-31-22-30-28-15-7-10-18-34(28)38(32-16-8-5-13-26(32)27-14-6-9-17-33(27)38)35(30)23-37(31)39(36(29)21-24)25-11-3-2-4-12-25;1-3-7-14-13(6-1)17-15(19-14)10-9-12-11-5-2-4-8-16(11)20-18(12)17;2*1-2/h2-5,7-13,15-20,22-24H,6,14,21H2,1H3;1-10,19H;2*1-2H3. The molecule has 3 heterocycles. The lowest BCUT2D eigenvalue weighted by atomic mass is 9.69. The fourth-order valence-corrected chi connectivity index (χ4v) is 12.5. The summed E-state index contributed by atoms with van der Waals surface area (Å²) in [6.45, 7) is 10.3. The van der Waals surface area contributed by atoms with E-state index < -0.39 is 0 Å². The summed E-state index contributed by atoms with van der Waals surface area (Å²) in [6.07, 6.45) is 12.9. The van der Waals surface area contributed by atoms with Crippen LogP contribution in [0.2, 0.25) is 0 Å². The van der Waals surface area contributed by atoms with Crippen LogP contribution in [0, 0.1) is 5.92 Å². The highest BCUT2D eigenvalue weighted by Crippen LogP contribution is 2.64. The van der Waals surface area contributed by atoms with Crippen molar-refractivity contribution in [2.45, 2.75) is 59.3 Å². The van der Waals surface area contributed by atoms with Gasteiger partial charge < -0.3 is 9.55 Å². The Labute approximate surface area is 374 Å². The minimum Gasteiger partial charge on any atom is -0.354 e. The van der Waals surface area contributed by atoms with Crippen molar-refractivity contribution in [1.29, 1.82) is 0 Å². The van der Waals surface area contributed by atoms with E-state index in [4.69, 9.17) is 0 Å². The molecule has 0 saturated heterocycles. The molecule has 7 aromatic carbocycles. The van der Waals surface area contributed by atoms with E-state index in [0.29, 0.717) is 5.92 Å². The van der Waals surface area contributed by atoms with Crippen LogP contribution in [0.15, 0.2) is 175 Å². The molecule has 2 atom stereocenters. The zero-order chi connectivity index (χ0) is 42.8. The van der Waals surface area contributed by atoms with Gasteiger partial charge in [-0.2, -0.15) is 0 Å². The second-order valence-corrected chi connectivity index (χ2v) is 17.8. The van der Waals surface area contributed by atoms with Crippen molar-refractivity contribution >= 4 is 75.9 Å². The first-order chi connectivity index (χ1) is 31.2. The lowest BCUT2D eigenvalue weighted by molar-refractivity contribution is 0.690. The number of H-pyrrole nitrogens is 1. The average Bonchev–Trinajstić information content (AvgIpc) is 4.14. The van der Waals surface area contributed by atoms with Crippen LogP contribution in [0.1, 0.15) is 81.0 Å². The average molecular weight is 833 g/mol. The van der Waals surface area contributed by atoms with Crippen molar-refractivity contribution in [1.82, 2.24) is 9.55 Å². The quantitative estimate of drug-likeness (QED) is 0.170. The van der Waals surface area contributed by atoms with Gasteiger partial charge in [0.25, 0.3) is 0 Å². The third-order valence-corrected chi connectivity index (χ3v) is 14.8. The topological polar surface area (TPSA) is 20.7 Å². The van der Waals surface area contributed by atoms with Gasteiger partial charge in [-0.15, -0.1) is 11.3 Å². The number of aromatic amines is 1. The van der Waals surface area contributed by atoms with E-state index in [0.717, 1.165) is 19.3 Å². The van der Waals surface area contributed by atoms with Crippen LogP contribution in [0.25, 0.3) is 81.3 Å². The van der Waals surface area contributed by atoms with Gasteiger partial charge in [0, 0.05) is 64.3 Å². The molecule has 14 rings (SSSR count). The molecule has 0 amide bonds. The van der Waals surface area contributed by atoms with Crippen molar-refractivity contribution in [2.24, 2.45) is 5.92 Å². The van der Waals surface area contributed by atoms with E-state index in [1.807, 2.05) is 39.0 Å². The summed E-state index contributed by atoms with van der Waals surface area (Å²) in [4.78, 5) is 3.52. The highest BCUT2D eigenvalue weighted by Gasteiger charge is 2.52. The Bertz CT molecular complexity index is 3490. The number of nitrogens with one attached hydrogen (secondary N) is 1. The van der Waals surface area contributed by atoms with Gasteiger partial charge in [0.1, 0.15) is 0 Å². The number of nitrogens with zero attached hydrogens (tertiary/aromatic N) is 1. The second-order valence-electron chi connectivity index (χ2n) is 16.8. The van der Waals surface area contributed by atoms with Gasteiger partial charge in [-0.1, -0.05) is 168 Å². The van der Waals surface area contributed by atoms with Gasteiger partial charge >= 0.3 is 0 Å². The lowest BCUT2D eigenvalue weighted by Crippen LogP contribution is -2.27. The molecule has 0 fully saturated rings. The summed E-state index contributed by atoms with van der Waals surface area (Å²) in [5.41, 5.74) is 19.1. The summed E-state index contributed by atoms with van der Waals surface area (Å²) >= 11 is 1.89. The third-order valence-electron chi connectivity index (χ3n) is 13.6. The minimum absolute atomic E-state index is 0.265. The minimum atomic E-state index is -0.265. The van der Waals surface area contributed by atoms with Crippen LogP contribution < -0.4 is 0 Å². The number of thiophene rings is 1. The lowest BCUT2D eigenvalue weighted by Gasteiger charge is -2.32. The molecule has 2 nitrogen and oxygen atoms in total. The van der Waals surface area contributed by atoms with Gasteiger partial charge in [-0.05, 0) is 112 Å². The summed E-state index contributed by atoms with van der Waals surface area (Å²) in [5.74, 6) is 0.532. The maximum absolute atomic E-state index is 3.52. The predicted octanol–water partition coefficient (Wildman–Crippen LogP) is 17.0. The molecule has 2 unspecified atom stereocenters. The van der Waals surface area contributed by atoms with Crippen LogP contribution in [0.5, 0.6) is 0 Å². The molecule has 308 valence electrons. The van der Waals surface area contributed by atoms with Gasteiger partial charge in [0.15, 0.2) is 0 Å². The molecular formula is C60H52N2S. The van der Waals surface area contributed by atoms with E-state index in [1.165, 1.54) is 114 Å². The molecule has 4 aliphatic carbocycles. The number of hydrogen-bond acceptors (Lipinski definition) is 1. The Hall–Kier alpha value is -6.68. The zero-order valence-electron chi connectivity index (χ0n) is 36.8. The maximum atomic E-state index is 3.52. The number of hydrogen-bond donors (Lipinski definition) is 1. The monoisotopic (exact) mass is 832 g/mol. The van der Waals surface area contributed by atoms with Crippen molar-refractivity contribution in [2.75, 3.05) is 0 Å². The first-order valence-corrected chi connectivity index (χ1v) is 23.9. The number of allylic oxidation sites excluding steroid dienone is 5. The van der Waals surface area contributed by atoms with E-state index in [-0.39, 0.29) is 5.41 Å². The fourth-order valence-electron chi connectivity index (χ4n) is 11.2. The number of rotatable bonds is 1. The van der Waals surface area contributed by atoms with Crippen molar-refractivity contribution < 1.29 is 0 Å². The molecule has 0 bridgehead atoms. The van der Waals surface area contributed by atoms with Crippen LogP contribution in [0.4, 0.5) is 0 Å². The van der Waals surface area contributed by atoms with Crippen LogP contribution >= 0.6 is 11.3 Å². The highest BCUT2D eigenvalue weighted by molar-refractivity contribution is 7.26. The Morgan fingerprint density at radius 1 is 0.603 bits per heavy atom. The van der Waals surface area contributed by atoms with E-state index >= 15 is 0 Å². The van der Waals surface area contributed by atoms with E-state index in [2.05, 4.69) is 192 Å². The first-order valence-electron chi connectivity index (χ1n) is 23.0. The van der Waals surface area contributed by atoms with Gasteiger partial charge in [-0.3, -0.25) is 0 Å². The number of para-hydroxylation sites is 2. The number of fused-ring (bicyclic) bond motifs is 19. The summed E-state index contributed by atoms with van der Waals surface area (Å²) in [5, 5.41) is 6.77. The summed E-state index contributed by atoms with van der Waals surface area (Å²) in [6, 6.07) is 56.1. The predicted molar refractivity (Wildman–Crippen MR) is 274 cm³/mol. The van der Waals surface area contributed by atoms with Gasteiger partial charge in [0.2, 0.25) is 0 Å². The summed E-state index contributed by atoms with van der Waals surface area (Å²) in [7, 11) is 0. The molecule has 0 radical (unpaired) electrons. The molecular weight excluding hydrogens is 781 g/mol. The van der Waals surface area contributed by atoms with E-state index in [9.17, 15) is 0 Å². The van der Waals surface area contributed by atoms with Crippen molar-refractivity contribution in [3.63, 3.8) is 0 Å².